The van der Waals surface area contributed by atoms with E-state index in [1.165, 1.54) is 18.3 Å². The van der Waals surface area contributed by atoms with Gasteiger partial charge in [0.1, 0.15) is 11.1 Å². The number of nitrogens with one attached hydrogen (secondary N) is 1. The number of carbonyl (C=O) groups excluding carboxylic acids is 2. The van der Waals surface area contributed by atoms with Crippen molar-refractivity contribution in [2.45, 2.75) is 25.9 Å². The Kier molecular flexibility index (Phi) is 6.14. The molecule has 0 aliphatic carbocycles. The number of aromatic nitrogens is 2. The maximum absolute atomic E-state index is 12.1. The van der Waals surface area contributed by atoms with Crippen molar-refractivity contribution in [1.82, 2.24) is 10.1 Å². The molecule has 0 saturated carbocycles. The molecule has 2 aromatic heterocycles. The minimum absolute atomic E-state index is 0.00348. The topological polar surface area (TPSA) is 118 Å². The SMILES string of the molecule is C[C@H](OC(=O)CCc1nc(-c2ccccc2)no1)C(=O)Nc1sccc1C#N. The van der Waals surface area contributed by atoms with Gasteiger partial charge in [0.15, 0.2) is 6.10 Å². The van der Waals surface area contributed by atoms with Gasteiger partial charge in [-0.3, -0.25) is 9.59 Å². The molecular formula is C19H16N4O4S. The standard InChI is InChI=1S/C19H16N4O4S/c1-12(18(25)22-19-14(11-20)9-10-28-19)26-16(24)8-7-15-21-17(23-27-15)13-5-3-2-4-6-13/h2-6,9-10,12H,7-8H2,1H3,(H,22,25)/t12-/m0/s1. The molecule has 1 aromatic carbocycles. The van der Waals surface area contributed by atoms with Gasteiger partial charge in [-0.05, 0) is 18.4 Å². The first-order valence-corrected chi connectivity index (χ1v) is 9.30. The molecule has 1 atom stereocenters. The summed E-state index contributed by atoms with van der Waals surface area (Å²) in [5, 5.41) is 17.5. The van der Waals surface area contributed by atoms with E-state index in [-0.39, 0.29) is 12.8 Å². The summed E-state index contributed by atoms with van der Waals surface area (Å²) in [5.74, 6) is -0.309. The highest BCUT2D eigenvalue weighted by Crippen LogP contribution is 2.22. The second-order valence-corrected chi connectivity index (χ2v) is 6.69. The van der Waals surface area contributed by atoms with E-state index in [0.717, 1.165) is 5.56 Å². The number of carbonyl (C=O) groups is 2. The summed E-state index contributed by atoms with van der Waals surface area (Å²) in [5.41, 5.74) is 1.18. The molecule has 0 unspecified atom stereocenters. The minimum Gasteiger partial charge on any atom is -0.453 e. The molecule has 8 nitrogen and oxygen atoms in total. The third-order valence-corrected chi connectivity index (χ3v) is 4.57. The largest absolute Gasteiger partial charge is 0.453 e. The monoisotopic (exact) mass is 396 g/mol. The quantitative estimate of drug-likeness (QED) is 0.609. The summed E-state index contributed by atoms with van der Waals surface area (Å²) < 4.78 is 10.3. The van der Waals surface area contributed by atoms with Gasteiger partial charge in [-0.15, -0.1) is 11.3 Å². The molecule has 3 rings (SSSR count). The molecular weight excluding hydrogens is 380 g/mol. The maximum atomic E-state index is 12.1. The van der Waals surface area contributed by atoms with Gasteiger partial charge in [-0.1, -0.05) is 35.5 Å². The molecule has 0 fully saturated rings. The summed E-state index contributed by atoms with van der Waals surface area (Å²) in [4.78, 5) is 28.3. The summed E-state index contributed by atoms with van der Waals surface area (Å²) in [6, 6.07) is 12.9. The van der Waals surface area contributed by atoms with Crippen LogP contribution >= 0.6 is 11.3 Å². The highest BCUT2D eigenvalue weighted by Gasteiger charge is 2.20. The Morgan fingerprint density at radius 3 is 2.86 bits per heavy atom. The van der Waals surface area contributed by atoms with Crippen LogP contribution in [0.4, 0.5) is 5.00 Å². The van der Waals surface area contributed by atoms with Crippen LogP contribution in [-0.4, -0.2) is 28.1 Å². The number of amides is 1. The summed E-state index contributed by atoms with van der Waals surface area (Å²) in [6.45, 7) is 1.47. The van der Waals surface area contributed by atoms with Crippen LogP contribution in [0, 0.1) is 11.3 Å². The molecule has 0 bridgehead atoms. The van der Waals surface area contributed by atoms with E-state index in [1.807, 2.05) is 36.4 Å². The van der Waals surface area contributed by atoms with Gasteiger partial charge in [-0.2, -0.15) is 10.2 Å². The number of esters is 1. The van der Waals surface area contributed by atoms with Crippen LogP contribution < -0.4 is 5.32 Å². The number of benzene rings is 1. The van der Waals surface area contributed by atoms with E-state index >= 15 is 0 Å². The van der Waals surface area contributed by atoms with Crippen LogP contribution in [-0.2, 0) is 20.7 Å². The number of nitriles is 1. The molecule has 1 amide bonds. The predicted molar refractivity (Wildman–Crippen MR) is 101 cm³/mol. The molecule has 0 radical (unpaired) electrons. The van der Waals surface area contributed by atoms with Crippen LogP contribution in [0.5, 0.6) is 0 Å². The zero-order valence-corrected chi connectivity index (χ0v) is 15.7. The molecule has 0 aliphatic heterocycles. The van der Waals surface area contributed by atoms with Crippen LogP contribution in [0.1, 0.15) is 24.8 Å². The molecule has 0 saturated heterocycles. The van der Waals surface area contributed by atoms with Gasteiger partial charge >= 0.3 is 5.97 Å². The maximum Gasteiger partial charge on any atom is 0.307 e. The lowest BCUT2D eigenvalue weighted by atomic mass is 10.2. The first-order chi connectivity index (χ1) is 13.6. The third-order valence-electron chi connectivity index (χ3n) is 3.74. The summed E-state index contributed by atoms with van der Waals surface area (Å²) in [7, 11) is 0. The van der Waals surface area contributed by atoms with Gasteiger partial charge in [0.2, 0.25) is 11.7 Å². The summed E-state index contributed by atoms with van der Waals surface area (Å²) in [6.07, 6.45) is -0.795. The van der Waals surface area contributed by atoms with E-state index in [1.54, 1.807) is 11.4 Å². The number of rotatable bonds is 7. The van der Waals surface area contributed by atoms with E-state index in [9.17, 15) is 9.59 Å². The average Bonchev–Trinajstić information content (AvgIpc) is 3.36. The third kappa shape index (κ3) is 4.81. The normalized spacial score (nSPS) is 11.4. The Bertz CT molecular complexity index is 1010. The number of aryl methyl sites for hydroxylation is 1. The van der Waals surface area contributed by atoms with Gasteiger partial charge in [-0.25, -0.2) is 0 Å². The fourth-order valence-corrected chi connectivity index (χ4v) is 3.03. The number of ether oxygens (including phenoxy) is 1. The molecule has 0 spiro atoms. The number of anilines is 1. The van der Waals surface area contributed by atoms with Crippen molar-refractivity contribution in [3.63, 3.8) is 0 Å². The van der Waals surface area contributed by atoms with Crippen molar-refractivity contribution in [3.05, 3.63) is 53.2 Å². The fraction of sp³-hybridized carbons (Fsp3) is 0.211. The molecule has 3 aromatic rings. The number of thiophene rings is 1. The smallest absolute Gasteiger partial charge is 0.307 e. The second kappa shape index (κ2) is 8.92. The van der Waals surface area contributed by atoms with Crippen molar-refractivity contribution < 1.29 is 18.8 Å². The fourth-order valence-electron chi connectivity index (χ4n) is 2.29. The Hall–Kier alpha value is -3.51. The molecule has 28 heavy (non-hydrogen) atoms. The average molecular weight is 396 g/mol. The van der Waals surface area contributed by atoms with Crippen LogP contribution in [0.25, 0.3) is 11.4 Å². The number of hydrogen-bond acceptors (Lipinski definition) is 8. The van der Waals surface area contributed by atoms with Crippen LogP contribution in [0.15, 0.2) is 46.3 Å². The Morgan fingerprint density at radius 1 is 1.32 bits per heavy atom. The van der Waals surface area contributed by atoms with Crippen molar-refractivity contribution in [3.8, 4) is 17.5 Å². The number of hydrogen-bond donors (Lipinski definition) is 1. The van der Waals surface area contributed by atoms with E-state index < -0.39 is 18.0 Å². The molecule has 142 valence electrons. The Morgan fingerprint density at radius 2 is 2.11 bits per heavy atom. The lowest BCUT2D eigenvalue weighted by Crippen LogP contribution is -2.30. The number of nitrogens with zero attached hydrogens (tertiary/aromatic N) is 3. The highest BCUT2D eigenvalue weighted by atomic mass is 32.1. The van der Waals surface area contributed by atoms with Gasteiger partial charge in [0, 0.05) is 12.0 Å². The van der Waals surface area contributed by atoms with Crippen LogP contribution in [0.3, 0.4) is 0 Å². The van der Waals surface area contributed by atoms with Crippen molar-refractivity contribution in [2.24, 2.45) is 0 Å². The summed E-state index contributed by atoms with van der Waals surface area (Å²) >= 11 is 1.22. The predicted octanol–water partition coefficient (Wildman–Crippen LogP) is 3.17. The molecule has 9 heteroatoms. The minimum atomic E-state index is -0.997. The second-order valence-electron chi connectivity index (χ2n) is 5.77. The Labute approximate surface area is 164 Å². The molecule has 1 N–H and O–H groups in total. The van der Waals surface area contributed by atoms with Crippen molar-refractivity contribution in [1.29, 1.82) is 5.26 Å². The van der Waals surface area contributed by atoms with Gasteiger partial charge in [0.25, 0.3) is 5.91 Å². The van der Waals surface area contributed by atoms with E-state index in [2.05, 4.69) is 15.5 Å². The van der Waals surface area contributed by atoms with Crippen molar-refractivity contribution >= 4 is 28.2 Å². The van der Waals surface area contributed by atoms with Gasteiger partial charge < -0.3 is 14.6 Å². The van der Waals surface area contributed by atoms with Gasteiger partial charge in [0.05, 0.1) is 12.0 Å². The Balaban J connectivity index is 1.48. The lowest BCUT2D eigenvalue weighted by molar-refractivity contribution is -0.153. The zero-order chi connectivity index (χ0) is 19.9. The van der Waals surface area contributed by atoms with E-state index in [0.29, 0.717) is 22.3 Å². The van der Waals surface area contributed by atoms with Crippen LogP contribution in [0.2, 0.25) is 0 Å². The molecule has 2 heterocycles. The highest BCUT2D eigenvalue weighted by molar-refractivity contribution is 7.14. The lowest BCUT2D eigenvalue weighted by Gasteiger charge is -2.12. The molecule has 0 aliphatic rings. The van der Waals surface area contributed by atoms with E-state index in [4.69, 9.17) is 14.5 Å². The zero-order valence-electron chi connectivity index (χ0n) is 14.9. The van der Waals surface area contributed by atoms with Crippen molar-refractivity contribution in [2.75, 3.05) is 5.32 Å². The first-order valence-electron chi connectivity index (χ1n) is 8.42. The first kappa shape index (κ1) is 19.3.